The Morgan fingerprint density at radius 1 is 1.22 bits per heavy atom. The standard InChI is InChI=1S/C18H27NO.2ClH.Zr/c1-13-8-5-6-11-16(13)19-12-14-9-7-10-15(17(14)20)18(2,3)4;;;/h7,9-10,12-13,16,20H,5-6,8,11H2,1-4H3;2*1H;/q;;;+2/p-2. The number of aliphatic imine (C=N–C) groups is 1. The normalized spacial score (nSPS) is 21.7. The van der Waals surface area contributed by atoms with Crippen molar-refractivity contribution in [2.45, 2.75) is 64.8 Å². The zero-order chi connectivity index (χ0) is 17.5. The van der Waals surface area contributed by atoms with Crippen LogP contribution in [0.2, 0.25) is 0 Å². The van der Waals surface area contributed by atoms with E-state index in [0.29, 0.717) is 17.7 Å². The molecule has 0 saturated heterocycles. The fourth-order valence-electron chi connectivity index (χ4n) is 2.96. The molecule has 5 heteroatoms. The van der Waals surface area contributed by atoms with Crippen LogP contribution in [0.25, 0.3) is 0 Å². The molecule has 0 radical (unpaired) electrons. The second-order valence-electron chi connectivity index (χ2n) is 7.17. The van der Waals surface area contributed by atoms with Crippen molar-refractivity contribution in [3.63, 3.8) is 0 Å². The predicted octanol–water partition coefficient (Wildman–Crippen LogP) is 6.06. The molecular weight excluding hydrogens is 408 g/mol. The van der Waals surface area contributed by atoms with Crippen molar-refractivity contribution in [3.05, 3.63) is 29.3 Å². The summed E-state index contributed by atoms with van der Waals surface area (Å²) in [5, 5.41) is 10.4. The monoisotopic (exact) mass is 433 g/mol. The van der Waals surface area contributed by atoms with Gasteiger partial charge in [-0.05, 0) is 35.8 Å². The molecule has 2 atom stereocenters. The van der Waals surface area contributed by atoms with Crippen molar-refractivity contribution < 1.29 is 26.0 Å². The zero-order valence-corrected chi connectivity index (χ0v) is 18.4. The van der Waals surface area contributed by atoms with Crippen LogP contribution in [-0.4, -0.2) is 17.4 Å². The summed E-state index contributed by atoms with van der Waals surface area (Å²) in [5.74, 6) is 1.04. The summed E-state index contributed by atoms with van der Waals surface area (Å²) >= 11 is -0.826. The summed E-state index contributed by atoms with van der Waals surface area (Å²) in [4.78, 5) is 4.73. The topological polar surface area (TPSA) is 32.6 Å². The molecule has 0 heterocycles. The first-order valence-corrected chi connectivity index (χ1v) is 14.5. The average Bonchev–Trinajstić information content (AvgIpc) is 2.47. The second-order valence-corrected chi connectivity index (χ2v) is 10.9. The minimum absolute atomic E-state index is 0.0495. The Bertz CT molecular complexity index is 514. The average molecular weight is 436 g/mol. The maximum atomic E-state index is 10.4. The molecule has 1 aliphatic carbocycles. The van der Waals surface area contributed by atoms with Gasteiger partial charge in [0.05, 0.1) is 6.04 Å². The Morgan fingerprint density at radius 2 is 1.83 bits per heavy atom. The third-order valence-electron chi connectivity index (χ3n) is 4.35. The van der Waals surface area contributed by atoms with E-state index in [1.54, 1.807) is 0 Å². The van der Waals surface area contributed by atoms with Gasteiger partial charge in [-0.2, -0.15) is 0 Å². The van der Waals surface area contributed by atoms with Gasteiger partial charge in [-0.25, -0.2) is 0 Å². The number of para-hydroxylation sites is 1. The molecule has 1 N–H and O–H groups in total. The van der Waals surface area contributed by atoms with Gasteiger partial charge in [-0.15, -0.1) is 0 Å². The molecule has 0 aliphatic heterocycles. The molecule has 128 valence electrons. The Morgan fingerprint density at radius 3 is 2.39 bits per heavy atom. The quantitative estimate of drug-likeness (QED) is 0.563. The van der Waals surface area contributed by atoms with E-state index in [2.05, 4.69) is 27.7 Å². The van der Waals surface area contributed by atoms with Crippen molar-refractivity contribution in [3.8, 4) is 5.75 Å². The van der Waals surface area contributed by atoms with E-state index >= 15 is 0 Å². The van der Waals surface area contributed by atoms with Gasteiger partial charge in [0.2, 0.25) is 0 Å². The van der Waals surface area contributed by atoms with Crippen molar-refractivity contribution in [2.24, 2.45) is 10.9 Å². The SMILES string of the molecule is CC1CCCCC1N=Cc1cccc(C(C)(C)C)c1O.[Cl][Zr][Cl]. The van der Waals surface area contributed by atoms with Gasteiger partial charge >= 0.3 is 37.9 Å². The van der Waals surface area contributed by atoms with Gasteiger partial charge in [-0.1, -0.05) is 52.7 Å². The Kier molecular flexibility index (Phi) is 9.41. The summed E-state index contributed by atoms with van der Waals surface area (Å²) < 4.78 is 0. The fraction of sp³-hybridized carbons (Fsp3) is 0.611. The van der Waals surface area contributed by atoms with E-state index in [1.165, 1.54) is 25.7 Å². The Labute approximate surface area is 159 Å². The van der Waals surface area contributed by atoms with Crippen LogP contribution < -0.4 is 0 Å². The third-order valence-corrected chi connectivity index (χ3v) is 4.35. The first kappa shape index (κ1) is 21.2. The van der Waals surface area contributed by atoms with Crippen LogP contribution >= 0.6 is 17.0 Å². The van der Waals surface area contributed by atoms with Gasteiger partial charge in [-0.3, -0.25) is 4.99 Å². The molecule has 0 bridgehead atoms. The van der Waals surface area contributed by atoms with Crippen molar-refractivity contribution in [1.82, 2.24) is 0 Å². The molecule has 2 unspecified atom stereocenters. The third kappa shape index (κ3) is 6.88. The molecule has 0 spiro atoms. The molecule has 2 rings (SSSR count). The van der Waals surface area contributed by atoms with Crippen LogP contribution in [0.1, 0.15) is 64.5 Å². The van der Waals surface area contributed by atoms with Crippen LogP contribution in [-0.2, 0) is 26.3 Å². The van der Waals surface area contributed by atoms with E-state index in [-0.39, 0.29) is 5.41 Å². The number of hydrogen-bond donors (Lipinski definition) is 1. The molecule has 1 aliphatic rings. The van der Waals surface area contributed by atoms with E-state index in [1.807, 2.05) is 24.4 Å². The maximum absolute atomic E-state index is 10.4. The molecule has 1 aromatic rings. The van der Waals surface area contributed by atoms with Crippen LogP contribution in [0.5, 0.6) is 5.75 Å². The summed E-state index contributed by atoms with van der Waals surface area (Å²) in [6.45, 7) is 8.64. The molecule has 1 saturated carbocycles. The first-order valence-electron chi connectivity index (χ1n) is 8.13. The van der Waals surface area contributed by atoms with E-state index in [4.69, 9.17) is 22.0 Å². The fourth-order valence-corrected chi connectivity index (χ4v) is 2.96. The second kappa shape index (κ2) is 10.2. The van der Waals surface area contributed by atoms with Gasteiger partial charge in [0.15, 0.2) is 0 Å². The molecule has 1 aromatic carbocycles. The first-order chi connectivity index (χ1) is 10.8. The number of halogens is 2. The Balaban J connectivity index is 0.000000816. The number of nitrogens with zero attached hydrogens (tertiary/aromatic N) is 1. The van der Waals surface area contributed by atoms with E-state index in [9.17, 15) is 5.11 Å². The summed E-state index contributed by atoms with van der Waals surface area (Å²) in [7, 11) is 9.87. The van der Waals surface area contributed by atoms with Gasteiger partial charge < -0.3 is 5.11 Å². The Hall–Kier alpha value is 0.153. The van der Waals surface area contributed by atoms with Crippen molar-refractivity contribution >= 4 is 23.2 Å². The van der Waals surface area contributed by atoms with Gasteiger partial charge in [0.25, 0.3) is 0 Å². The van der Waals surface area contributed by atoms with E-state index in [0.717, 1.165) is 11.1 Å². The number of phenolic OH excluding ortho intramolecular Hbond substituents is 1. The molecular formula is C18H27Cl2NOZr. The van der Waals surface area contributed by atoms with Crippen molar-refractivity contribution in [1.29, 1.82) is 0 Å². The van der Waals surface area contributed by atoms with Gasteiger partial charge in [0, 0.05) is 11.8 Å². The number of aromatic hydroxyl groups is 1. The van der Waals surface area contributed by atoms with Crippen LogP contribution in [0.4, 0.5) is 0 Å². The predicted molar refractivity (Wildman–Crippen MR) is 97.5 cm³/mol. The van der Waals surface area contributed by atoms with Gasteiger partial charge in [0.1, 0.15) is 5.75 Å². The number of phenols is 1. The van der Waals surface area contributed by atoms with Crippen LogP contribution in [0.15, 0.2) is 23.2 Å². The van der Waals surface area contributed by atoms with Crippen LogP contribution in [0.3, 0.4) is 0 Å². The van der Waals surface area contributed by atoms with Crippen molar-refractivity contribution in [2.75, 3.05) is 0 Å². The summed E-state index contributed by atoms with van der Waals surface area (Å²) in [6, 6.07) is 6.37. The molecule has 1 fully saturated rings. The zero-order valence-electron chi connectivity index (χ0n) is 14.4. The minimum atomic E-state index is -0.826. The number of rotatable bonds is 2. The molecule has 0 aromatic heterocycles. The number of hydrogen-bond acceptors (Lipinski definition) is 2. The number of benzene rings is 1. The molecule has 23 heavy (non-hydrogen) atoms. The molecule has 2 nitrogen and oxygen atoms in total. The summed E-state index contributed by atoms with van der Waals surface area (Å²) in [6.07, 6.45) is 6.93. The van der Waals surface area contributed by atoms with Crippen LogP contribution in [0, 0.1) is 5.92 Å². The summed E-state index contributed by atoms with van der Waals surface area (Å²) in [5.41, 5.74) is 1.78. The van der Waals surface area contributed by atoms with E-state index < -0.39 is 20.8 Å². The molecule has 0 amide bonds.